The maximum atomic E-state index is 11.3. The molecule has 0 radical (unpaired) electrons. The molecular weight excluding hydrogens is 388 g/mol. The van der Waals surface area contributed by atoms with Crippen molar-refractivity contribution in [1.82, 2.24) is 0 Å². The normalized spacial score (nSPS) is 12.4. The molecule has 0 fully saturated rings. The van der Waals surface area contributed by atoms with Gasteiger partial charge in [-0.2, -0.15) is 0 Å². The molecule has 0 bridgehead atoms. The smallest absolute Gasteiger partial charge is 0.270 e. The lowest BCUT2D eigenvalue weighted by Crippen LogP contribution is -2.03. The number of hydrogen-bond acceptors (Lipinski definition) is 9. The van der Waals surface area contributed by atoms with Crippen LogP contribution in [0.25, 0.3) is 12.2 Å². The monoisotopic (exact) mass is 398 g/mol. The molecule has 0 heterocycles. The van der Waals surface area contributed by atoms with Crippen molar-refractivity contribution in [2.45, 2.75) is 9.79 Å². The first-order valence-electron chi connectivity index (χ1n) is 6.67. The zero-order valence-corrected chi connectivity index (χ0v) is 14.4. The Kier molecular flexibility index (Phi) is 5.13. The molecule has 0 aromatic heterocycles. The number of nitrogen functional groups attached to an aromatic ring is 1. The van der Waals surface area contributed by atoms with Gasteiger partial charge in [0.1, 0.15) is 20.2 Å². The molecule has 138 valence electrons. The van der Waals surface area contributed by atoms with Gasteiger partial charge in [-0.1, -0.05) is 18.2 Å². The lowest BCUT2D eigenvalue weighted by molar-refractivity contribution is -0.385. The highest BCUT2D eigenvalue weighted by Gasteiger charge is 2.14. The van der Waals surface area contributed by atoms with E-state index in [0.717, 1.165) is 30.4 Å². The lowest BCUT2D eigenvalue weighted by atomic mass is 10.1. The molecule has 2 aromatic carbocycles. The fourth-order valence-corrected chi connectivity index (χ4v) is 3.47. The molecule has 2 aromatic rings. The van der Waals surface area contributed by atoms with E-state index < -0.39 is 40.6 Å². The van der Waals surface area contributed by atoms with E-state index in [1.165, 1.54) is 12.1 Å². The maximum Gasteiger partial charge on any atom is 0.270 e. The Hall–Kier alpha value is -2.80. The largest absolute Gasteiger partial charge is 0.744 e. The molecule has 12 heteroatoms. The third-order valence-electron chi connectivity index (χ3n) is 3.23. The fraction of sp³-hybridized carbons (Fsp3) is 0. The molecule has 0 aliphatic heterocycles. The molecule has 0 atom stereocenters. The predicted octanol–water partition coefficient (Wildman–Crippen LogP) is 1.16. The molecule has 0 unspecified atom stereocenters. The van der Waals surface area contributed by atoms with Crippen LogP contribution >= 0.6 is 0 Å². The van der Waals surface area contributed by atoms with Gasteiger partial charge in [0.15, 0.2) is 0 Å². The van der Waals surface area contributed by atoms with Crippen LogP contribution in [0.5, 0.6) is 0 Å². The number of nitrogens with two attached hydrogens (primary N) is 1. The van der Waals surface area contributed by atoms with Crippen LogP contribution in [0, 0.1) is 10.1 Å². The molecule has 0 aliphatic rings. The Morgan fingerprint density at radius 2 is 1.31 bits per heavy atom. The van der Waals surface area contributed by atoms with E-state index in [1.807, 2.05) is 0 Å². The van der Waals surface area contributed by atoms with E-state index >= 15 is 0 Å². The summed E-state index contributed by atoms with van der Waals surface area (Å²) in [6.07, 6.45) is 2.13. The maximum absolute atomic E-state index is 11.3. The number of non-ortho nitro benzene ring substituents is 1. The summed E-state index contributed by atoms with van der Waals surface area (Å²) in [5.41, 5.74) is 4.56. The van der Waals surface area contributed by atoms with Crippen molar-refractivity contribution in [3.05, 3.63) is 57.6 Å². The minimum atomic E-state index is -5.04. The first kappa shape index (κ1) is 19.5. The van der Waals surface area contributed by atoms with Crippen LogP contribution in [-0.4, -0.2) is 30.9 Å². The molecule has 26 heavy (non-hydrogen) atoms. The minimum absolute atomic E-state index is 0.0229. The van der Waals surface area contributed by atoms with Gasteiger partial charge >= 0.3 is 0 Å². The average molecular weight is 398 g/mol. The first-order chi connectivity index (χ1) is 11.9. The van der Waals surface area contributed by atoms with Crippen LogP contribution in [0.4, 0.5) is 11.4 Å². The highest BCUT2D eigenvalue weighted by atomic mass is 32.2. The molecule has 2 rings (SSSR count). The Labute approximate surface area is 148 Å². The Balaban J connectivity index is 2.61. The number of hydrogen-bond donors (Lipinski definition) is 1. The molecule has 0 saturated heterocycles. The van der Waals surface area contributed by atoms with Crippen molar-refractivity contribution >= 4 is 43.8 Å². The fourth-order valence-electron chi connectivity index (χ4n) is 2.08. The van der Waals surface area contributed by atoms with Crippen LogP contribution in [0.2, 0.25) is 0 Å². The van der Waals surface area contributed by atoms with Crippen molar-refractivity contribution in [2.24, 2.45) is 0 Å². The topological polar surface area (TPSA) is 184 Å². The molecule has 0 amide bonds. The van der Waals surface area contributed by atoms with Crippen LogP contribution in [0.15, 0.2) is 46.2 Å². The molecular formula is C14H10N2O8S2-2. The Bertz CT molecular complexity index is 1120. The zero-order chi connectivity index (χ0) is 19.7. The number of rotatable bonds is 5. The number of nitrogens with zero attached hydrogens (tertiary/aromatic N) is 1. The summed E-state index contributed by atoms with van der Waals surface area (Å²) in [7, 11) is -9.91. The van der Waals surface area contributed by atoms with Crippen molar-refractivity contribution in [3.8, 4) is 0 Å². The molecule has 0 saturated carbocycles. The highest BCUT2D eigenvalue weighted by Crippen LogP contribution is 2.26. The summed E-state index contributed by atoms with van der Waals surface area (Å²) in [6.45, 7) is 0. The SMILES string of the molecule is Nc1ccc(/C=C/c2ccc([N+](=O)[O-])cc2S(=O)(=O)[O-])c(S(=O)(=O)[O-])c1. The summed E-state index contributed by atoms with van der Waals surface area (Å²) in [6, 6.07) is 6.05. The zero-order valence-electron chi connectivity index (χ0n) is 12.7. The van der Waals surface area contributed by atoms with E-state index in [-0.39, 0.29) is 16.8 Å². The van der Waals surface area contributed by atoms with Crippen LogP contribution < -0.4 is 5.73 Å². The molecule has 2 N–H and O–H groups in total. The number of anilines is 1. The summed E-state index contributed by atoms with van der Waals surface area (Å²) in [5.74, 6) is 0. The summed E-state index contributed by atoms with van der Waals surface area (Å²) < 4.78 is 67.9. The second-order valence-corrected chi connectivity index (χ2v) is 7.71. The van der Waals surface area contributed by atoms with Crippen molar-refractivity contribution < 1.29 is 30.9 Å². The number of nitro benzene ring substituents is 1. The third kappa shape index (κ3) is 4.43. The van der Waals surface area contributed by atoms with E-state index in [2.05, 4.69) is 0 Å². The molecule has 10 nitrogen and oxygen atoms in total. The van der Waals surface area contributed by atoms with Gasteiger partial charge in [-0.3, -0.25) is 10.1 Å². The number of benzene rings is 2. The van der Waals surface area contributed by atoms with Gasteiger partial charge in [0.2, 0.25) is 0 Å². The van der Waals surface area contributed by atoms with Crippen molar-refractivity contribution in [1.29, 1.82) is 0 Å². The second-order valence-electron chi connectivity index (χ2n) is 5.02. The Morgan fingerprint density at radius 3 is 1.77 bits per heavy atom. The van der Waals surface area contributed by atoms with Gasteiger partial charge in [0, 0.05) is 17.8 Å². The number of nitro groups is 1. The van der Waals surface area contributed by atoms with Gasteiger partial charge < -0.3 is 14.8 Å². The van der Waals surface area contributed by atoms with E-state index in [1.54, 1.807) is 0 Å². The summed E-state index contributed by atoms with van der Waals surface area (Å²) in [4.78, 5) is 8.37. The quantitative estimate of drug-likeness (QED) is 0.254. The first-order valence-corrected chi connectivity index (χ1v) is 9.49. The van der Waals surface area contributed by atoms with Gasteiger partial charge in [0.25, 0.3) is 5.69 Å². The molecule has 0 aliphatic carbocycles. The van der Waals surface area contributed by atoms with Crippen LogP contribution in [0.1, 0.15) is 11.1 Å². The van der Waals surface area contributed by atoms with Gasteiger partial charge in [-0.15, -0.1) is 0 Å². The summed E-state index contributed by atoms with van der Waals surface area (Å²) in [5, 5.41) is 10.7. The van der Waals surface area contributed by atoms with E-state index in [9.17, 15) is 36.1 Å². The standard InChI is InChI=1S/C14H12N2O8S2/c15-11-5-3-9(13(7-11)25(19,20)21)1-2-10-4-6-12(16(17)18)8-14(10)26(22,23)24/h1-8H,15H2,(H,19,20,21)(H,22,23,24)/p-2/b2-1+. The predicted molar refractivity (Wildman–Crippen MR) is 88.8 cm³/mol. The van der Waals surface area contributed by atoms with Crippen LogP contribution in [-0.2, 0) is 20.2 Å². The highest BCUT2D eigenvalue weighted by molar-refractivity contribution is 7.86. The van der Waals surface area contributed by atoms with Crippen molar-refractivity contribution in [2.75, 3.05) is 5.73 Å². The molecule has 0 spiro atoms. The van der Waals surface area contributed by atoms with E-state index in [4.69, 9.17) is 5.73 Å². The minimum Gasteiger partial charge on any atom is -0.744 e. The van der Waals surface area contributed by atoms with Crippen molar-refractivity contribution in [3.63, 3.8) is 0 Å². The third-order valence-corrected chi connectivity index (χ3v) is 5.01. The van der Waals surface area contributed by atoms with Gasteiger partial charge in [0.05, 0.1) is 14.7 Å². The Morgan fingerprint density at radius 1 is 0.846 bits per heavy atom. The lowest BCUT2D eigenvalue weighted by Gasteiger charge is -2.12. The second kappa shape index (κ2) is 6.84. The van der Waals surface area contributed by atoms with E-state index in [0.29, 0.717) is 6.07 Å². The summed E-state index contributed by atoms with van der Waals surface area (Å²) >= 11 is 0. The van der Waals surface area contributed by atoms with Gasteiger partial charge in [-0.25, -0.2) is 16.8 Å². The average Bonchev–Trinajstić information content (AvgIpc) is 2.51. The van der Waals surface area contributed by atoms with Crippen LogP contribution in [0.3, 0.4) is 0 Å². The van der Waals surface area contributed by atoms with Gasteiger partial charge in [-0.05, 0) is 29.3 Å².